The lowest BCUT2D eigenvalue weighted by molar-refractivity contribution is -0.115. The summed E-state index contributed by atoms with van der Waals surface area (Å²) in [6.07, 6.45) is 1.15. The molecule has 1 N–H and O–H groups in total. The van der Waals surface area contributed by atoms with Crippen LogP contribution in [0.3, 0.4) is 0 Å². The number of fused-ring (bicyclic) bond motifs is 1. The Morgan fingerprint density at radius 2 is 2.26 bits per heavy atom. The number of nitrogens with one attached hydrogen (secondary N) is 1. The molecule has 0 atom stereocenters. The molecule has 1 amide bonds. The molecule has 7 heteroatoms. The predicted octanol–water partition coefficient (Wildman–Crippen LogP) is 4.01. The summed E-state index contributed by atoms with van der Waals surface area (Å²) in [5, 5.41) is 4.62. The second-order valence-corrected chi connectivity index (χ2v) is 7.40. The monoisotopic (exact) mass is 369 g/mol. The summed E-state index contributed by atoms with van der Waals surface area (Å²) in [7, 11) is 0. The van der Waals surface area contributed by atoms with Crippen LogP contribution in [0, 0.1) is 0 Å². The van der Waals surface area contributed by atoms with E-state index >= 15 is 0 Å². The molecule has 1 aromatic carbocycles. The Kier molecular flexibility index (Phi) is 5.21. The zero-order valence-electron chi connectivity index (χ0n) is 12.7. The Bertz CT molecular complexity index is 732. The first-order valence-electron chi connectivity index (χ1n) is 7.50. The largest absolute Gasteiger partial charge is 0.302 e. The number of likely N-dealkylation sites (N-methyl/N-ethyl adjacent to an activating group) is 1. The number of hydrogen-bond donors (Lipinski definition) is 1. The average molecular weight is 370 g/mol. The minimum atomic E-state index is -0.118. The molecule has 0 unspecified atom stereocenters. The van der Waals surface area contributed by atoms with Gasteiger partial charge in [0.25, 0.3) is 0 Å². The highest BCUT2D eigenvalue weighted by Crippen LogP contribution is 2.28. The van der Waals surface area contributed by atoms with Gasteiger partial charge in [-0.25, -0.2) is 4.98 Å². The highest BCUT2D eigenvalue weighted by Gasteiger charge is 2.20. The summed E-state index contributed by atoms with van der Waals surface area (Å²) in [4.78, 5) is 20.4. The number of benzene rings is 1. The van der Waals surface area contributed by atoms with Crippen LogP contribution in [0.25, 0.3) is 0 Å². The summed E-state index contributed by atoms with van der Waals surface area (Å²) in [5.41, 5.74) is 1.87. The number of carbonyl (C=O) groups excluding carboxylic acids is 1. The van der Waals surface area contributed by atoms with E-state index in [-0.39, 0.29) is 12.3 Å². The standard InChI is InChI=1S/C16H17Cl2N3OS/c1-2-21-6-5-13-14(9-21)23-16(19-13)20-15(22)7-10-3-4-11(17)8-12(10)18/h3-4,8H,2,5-7,9H2,1H3,(H,19,20,22). The van der Waals surface area contributed by atoms with Crippen molar-refractivity contribution in [1.82, 2.24) is 9.88 Å². The van der Waals surface area contributed by atoms with E-state index in [0.717, 1.165) is 37.3 Å². The molecule has 0 saturated carbocycles. The first-order valence-corrected chi connectivity index (χ1v) is 9.07. The van der Waals surface area contributed by atoms with Gasteiger partial charge in [-0.2, -0.15) is 0 Å². The number of thiazole rings is 1. The Labute approximate surface area is 149 Å². The van der Waals surface area contributed by atoms with E-state index in [9.17, 15) is 4.79 Å². The molecule has 0 bridgehead atoms. The molecule has 2 heterocycles. The third kappa shape index (κ3) is 4.04. The van der Waals surface area contributed by atoms with Gasteiger partial charge in [-0.05, 0) is 24.2 Å². The van der Waals surface area contributed by atoms with Gasteiger partial charge in [0, 0.05) is 34.4 Å². The number of nitrogens with zero attached hydrogens (tertiary/aromatic N) is 2. The van der Waals surface area contributed by atoms with Crippen molar-refractivity contribution in [3.05, 3.63) is 44.4 Å². The molecule has 0 radical (unpaired) electrons. The first-order chi connectivity index (χ1) is 11.0. The molecule has 23 heavy (non-hydrogen) atoms. The molecule has 122 valence electrons. The third-order valence-electron chi connectivity index (χ3n) is 3.87. The van der Waals surface area contributed by atoms with Crippen LogP contribution >= 0.6 is 34.5 Å². The molecule has 0 fully saturated rings. The van der Waals surface area contributed by atoms with Gasteiger partial charge >= 0.3 is 0 Å². The van der Waals surface area contributed by atoms with Crippen LogP contribution in [0.2, 0.25) is 10.0 Å². The van der Waals surface area contributed by atoms with Gasteiger partial charge in [0.2, 0.25) is 5.91 Å². The van der Waals surface area contributed by atoms with Crippen LogP contribution in [0.5, 0.6) is 0 Å². The van der Waals surface area contributed by atoms with Gasteiger partial charge in [-0.3, -0.25) is 9.69 Å². The topological polar surface area (TPSA) is 45.2 Å². The number of amides is 1. The van der Waals surface area contributed by atoms with E-state index < -0.39 is 0 Å². The van der Waals surface area contributed by atoms with Crippen molar-refractivity contribution in [2.24, 2.45) is 0 Å². The Balaban J connectivity index is 1.65. The van der Waals surface area contributed by atoms with E-state index in [0.29, 0.717) is 15.2 Å². The van der Waals surface area contributed by atoms with Crippen molar-refractivity contribution in [3.8, 4) is 0 Å². The van der Waals surface area contributed by atoms with E-state index in [2.05, 4.69) is 22.1 Å². The quantitative estimate of drug-likeness (QED) is 0.885. The molecule has 4 nitrogen and oxygen atoms in total. The number of hydrogen-bond acceptors (Lipinski definition) is 4. The third-order valence-corrected chi connectivity index (χ3v) is 5.45. The second-order valence-electron chi connectivity index (χ2n) is 5.47. The van der Waals surface area contributed by atoms with Crippen molar-refractivity contribution in [1.29, 1.82) is 0 Å². The van der Waals surface area contributed by atoms with Gasteiger partial charge in [-0.1, -0.05) is 36.2 Å². The summed E-state index contributed by atoms with van der Waals surface area (Å²) in [6.45, 7) is 5.14. The lowest BCUT2D eigenvalue weighted by Gasteiger charge is -2.23. The molecule has 1 aromatic heterocycles. The van der Waals surface area contributed by atoms with Crippen LogP contribution in [0.4, 0.5) is 5.13 Å². The highest BCUT2D eigenvalue weighted by atomic mass is 35.5. The van der Waals surface area contributed by atoms with Crippen LogP contribution in [-0.4, -0.2) is 28.9 Å². The molecule has 1 aliphatic heterocycles. The van der Waals surface area contributed by atoms with Gasteiger partial charge in [0.1, 0.15) is 0 Å². The van der Waals surface area contributed by atoms with Crippen molar-refractivity contribution in [2.75, 3.05) is 18.4 Å². The summed E-state index contributed by atoms with van der Waals surface area (Å²) < 4.78 is 0. The first kappa shape index (κ1) is 16.7. The van der Waals surface area contributed by atoms with Crippen LogP contribution in [0.1, 0.15) is 23.1 Å². The molecule has 1 aliphatic rings. The molecule has 0 aliphatic carbocycles. The van der Waals surface area contributed by atoms with Gasteiger partial charge < -0.3 is 5.32 Å². The molecule has 0 saturated heterocycles. The minimum Gasteiger partial charge on any atom is -0.302 e. The number of rotatable bonds is 4. The SMILES string of the molecule is CCN1CCc2nc(NC(=O)Cc3ccc(Cl)cc3Cl)sc2C1. The molecular formula is C16H17Cl2N3OS. The van der Waals surface area contributed by atoms with Crippen LogP contribution < -0.4 is 5.32 Å². The number of aromatic nitrogens is 1. The van der Waals surface area contributed by atoms with Gasteiger partial charge in [0.15, 0.2) is 5.13 Å². The molecule has 3 rings (SSSR count). The summed E-state index contributed by atoms with van der Waals surface area (Å²) in [5.74, 6) is -0.118. The van der Waals surface area contributed by atoms with E-state index in [4.69, 9.17) is 23.2 Å². The van der Waals surface area contributed by atoms with Crippen molar-refractivity contribution >= 4 is 45.6 Å². The van der Waals surface area contributed by atoms with Crippen LogP contribution in [-0.2, 0) is 24.2 Å². The number of carbonyl (C=O) groups is 1. The zero-order valence-corrected chi connectivity index (χ0v) is 15.1. The van der Waals surface area contributed by atoms with E-state index in [1.807, 2.05) is 0 Å². The maximum absolute atomic E-state index is 12.2. The van der Waals surface area contributed by atoms with E-state index in [1.54, 1.807) is 29.5 Å². The fourth-order valence-electron chi connectivity index (χ4n) is 2.57. The fourth-order valence-corrected chi connectivity index (χ4v) is 4.12. The van der Waals surface area contributed by atoms with Crippen LogP contribution in [0.15, 0.2) is 18.2 Å². The van der Waals surface area contributed by atoms with Crippen molar-refractivity contribution in [3.63, 3.8) is 0 Å². The minimum absolute atomic E-state index is 0.118. The van der Waals surface area contributed by atoms with E-state index in [1.165, 1.54) is 4.88 Å². The maximum atomic E-state index is 12.2. The lowest BCUT2D eigenvalue weighted by atomic mass is 10.1. The Hall–Kier alpha value is -1.14. The lowest BCUT2D eigenvalue weighted by Crippen LogP contribution is -2.29. The smallest absolute Gasteiger partial charge is 0.230 e. The van der Waals surface area contributed by atoms with Gasteiger partial charge in [-0.15, -0.1) is 11.3 Å². The highest BCUT2D eigenvalue weighted by molar-refractivity contribution is 7.15. The zero-order chi connectivity index (χ0) is 16.4. The predicted molar refractivity (Wildman–Crippen MR) is 95.6 cm³/mol. The number of halogens is 2. The van der Waals surface area contributed by atoms with Crippen molar-refractivity contribution in [2.45, 2.75) is 26.3 Å². The Morgan fingerprint density at radius 1 is 1.43 bits per heavy atom. The Morgan fingerprint density at radius 3 is 3.00 bits per heavy atom. The maximum Gasteiger partial charge on any atom is 0.230 e. The molecular weight excluding hydrogens is 353 g/mol. The fraction of sp³-hybridized carbons (Fsp3) is 0.375. The van der Waals surface area contributed by atoms with Gasteiger partial charge in [0.05, 0.1) is 12.1 Å². The van der Waals surface area contributed by atoms with Crippen molar-refractivity contribution < 1.29 is 4.79 Å². The summed E-state index contributed by atoms with van der Waals surface area (Å²) in [6, 6.07) is 5.15. The number of anilines is 1. The average Bonchev–Trinajstić information content (AvgIpc) is 2.91. The summed E-state index contributed by atoms with van der Waals surface area (Å²) >= 11 is 13.5. The normalized spacial score (nSPS) is 14.6. The molecule has 2 aromatic rings. The molecule has 0 spiro atoms. The second kappa shape index (κ2) is 7.18.